The number of aliphatic hydroxyl groups is 1. The number of hydrogen-bond acceptors (Lipinski definition) is 3. The van der Waals surface area contributed by atoms with Gasteiger partial charge < -0.3 is 9.67 Å². The number of aromatic nitrogens is 2. The molecule has 1 aromatic carbocycles. The van der Waals surface area contributed by atoms with Crippen LogP contribution < -0.4 is 0 Å². The normalized spacial score (nSPS) is 12.9. The molecule has 1 heterocycles. The number of benzene rings is 1. The maximum absolute atomic E-state index is 13.0. The van der Waals surface area contributed by atoms with E-state index >= 15 is 0 Å². The van der Waals surface area contributed by atoms with Crippen LogP contribution in [0.25, 0.3) is 0 Å². The molecule has 0 spiro atoms. The number of rotatable bonds is 4. The van der Waals surface area contributed by atoms with Crippen LogP contribution in [0.15, 0.2) is 28.1 Å². The molecular weight excluding hydrogens is 284 g/mol. The molecule has 1 N–H and O–H groups in total. The highest BCUT2D eigenvalue weighted by molar-refractivity contribution is 7.85. The van der Waals surface area contributed by atoms with Crippen LogP contribution in [0, 0.1) is 13.8 Å². The molecular formula is C16H22N2O2S. The van der Waals surface area contributed by atoms with Gasteiger partial charge in [-0.2, -0.15) is 0 Å². The molecule has 5 heteroatoms. The van der Waals surface area contributed by atoms with E-state index in [0.717, 1.165) is 21.7 Å². The van der Waals surface area contributed by atoms with E-state index in [9.17, 15) is 9.32 Å². The van der Waals surface area contributed by atoms with Gasteiger partial charge in [0.2, 0.25) is 0 Å². The Morgan fingerprint density at radius 3 is 2.29 bits per heavy atom. The Morgan fingerprint density at radius 2 is 1.81 bits per heavy atom. The van der Waals surface area contributed by atoms with Crippen molar-refractivity contribution in [1.82, 2.24) is 9.55 Å². The molecule has 0 saturated heterocycles. The fraction of sp³-hybridized carbons (Fsp3) is 0.438. The van der Waals surface area contributed by atoms with Crippen molar-refractivity contribution in [2.75, 3.05) is 0 Å². The third-order valence-corrected chi connectivity index (χ3v) is 4.93. The van der Waals surface area contributed by atoms with Crippen molar-refractivity contribution in [2.24, 2.45) is 7.05 Å². The van der Waals surface area contributed by atoms with E-state index in [1.807, 2.05) is 39.8 Å². The quantitative estimate of drug-likeness (QED) is 0.945. The standard InChI is InChI=1S/C16H22N2O2S/c1-10(2)15-16(18(5)14(9-19)17-15)21(20)13-7-11(3)6-12(4)8-13/h6-8,10,19H,9H2,1-5H3. The molecule has 0 aliphatic heterocycles. The fourth-order valence-electron chi connectivity index (χ4n) is 2.44. The molecule has 1 atom stereocenters. The van der Waals surface area contributed by atoms with Crippen molar-refractivity contribution in [1.29, 1.82) is 0 Å². The predicted molar refractivity (Wildman–Crippen MR) is 83.8 cm³/mol. The molecule has 2 aromatic rings. The van der Waals surface area contributed by atoms with E-state index in [-0.39, 0.29) is 12.5 Å². The zero-order valence-corrected chi connectivity index (χ0v) is 14.0. The van der Waals surface area contributed by atoms with Gasteiger partial charge in [-0.25, -0.2) is 9.19 Å². The fourth-order valence-corrected chi connectivity index (χ4v) is 4.07. The first kappa shape index (κ1) is 15.9. The van der Waals surface area contributed by atoms with Gasteiger partial charge in [-0.3, -0.25) is 0 Å². The molecule has 0 amide bonds. The Bertz CT molecular complexity index is 670. The van der Waals surface area contributed by atoms with E-state index in [0.29, 0.717) is 10.9 Å². The van der Waals surface area contributed by atoms with Crippen LogP contribution in [-0.4, -0.2) is 18.9 Å². The summed E-state index contributed by atoms with van der Waals surface area (Å²) in [5.74, 6) is 0.702. The second-order valence-corrected chi connectivity index (χ2v) is 7.08. The zero-order valence-electron chi connectivity index (χ0n) is 13.2. The van der Waals surface area contributed by atoms with Crippen LogP contribution in [0.5, 0.6) is 0 Å². The van der Waals surface area contributed by atoms with Crippen molar-refractivity contribution >= 4 is 10.8 Å². The monoisotopic (exact) mass is 306 g/mol. The first-order chi connectivity index (χ1) is 9.85. The lowest BCUT2D eigenvalue weighted by Gasteiger charge is -2.10. The van der Waals surface area contributed by atoms with Gasteiger partial charge >= 0.3 is 0 Å². The minimum atomic E-state index is -1.30. The Hall–Kier alpha value is -1.46. The molecule has 4 nitrogen and oxygen atoms in total. The van der Waals surface area contributed by atoms with Gasteiger partial charge in [0.05, 0.1) is 5.69 Å². The average Bonchev–Trinajstić information content (AvgIpc) is 2.74. The second-order valence-electron chi connectivity index (χ2n) is 5.68. The molecule has 0 bridgehead atoms. The van der Waals surface area contributed by atoms with Gasteiger partial charge in [-0.15, -0.1) is 0 Å². The van der Waals surface area contributed by atoms with Gasteiger partial charge in [0.25, 0.3) is 0 Å². The van der Waals surface area contributed by atoms with Gasteiger partial charge in [0.1, 0.15) is 28.3 Å². The molecule has 0 radical (unpaired) electrons. The van der Waals surface area contributed by atoms with Crippen LogP contribution in [0.3, 0.4) is 0 Å². The lowest BCUT2D eigenvalue weighted by Crippen LogP contribution is -2.06. The zero-order chi connectivity index (χ0) is 15.7. The van der Waals surface area contributed by atoms with Gasteiger partial charge in [-0.1, -0.05) is 19.9 Å². The minimum absolute atomic E-state index is 0.153. The highest BCUT2D eigenvalue weighted by Crippen LogP contribution is 2.27. The summed E-state index contributed by atoms with van der Waals surface area (Å²) in [4.78, 5) is 5.22. The lowest BCUT2D eigenvalue weighted by atomic mass is 10.1. The lowest BCUT2D eigenvalue weighted by molar-refractivity contribution is 0.266. The summed E-state index contributed by atoms with van der Waals surface area (Å²) in [7, 11) is 0.503. The summed E-state index contributed by atoms with van der Waals surface area (Å²) in [6.45, 7) is 7.89. The first-order valence-corrected chi connectivity index (χ1v) is 8.16. The Labute approximate surface area is 128 Å². The first-order valence-electron chi connectivity index (χ1n) is 7.01. The average molecular weight is 306 g/mol. The predicted octanol–water partition coefficient (Wildman–Crippen LogP) is 2.82. The Kier molecular flexibility index (Phi) is 4.64. The highest BCUT2D eigenvalue weighted by atomic mass is 32.2. The Balaban J connectivity index is 2.59. The van der Waals surface area contributed by atoms with Crippen molar-refractivity contribution in [3.05, 3.63) is 40.8 Å². The smallest absolute Gasteiger partial charge is 0.135 e. The van der Waals surface area contributed by atoms with E-state index < -0.39 is 10.8 Å². The molecule has 0 fully saturated rings. The van der Waals surface area contributed by atoms with Crippen LogP contribution in [0.2, 0.25) is 0 Å². The van der Waals surface area contributed by atoms with Gasteiger partial charge in [0.15, 0.2) is 0 Å². The topological polar surface area (TPSA) is 55.1 Å². The summed E-state index contributed by atoms with van der Waals surface area (Å²) < 4.78 is 14.7. The van der Waals surface area contributed by atoms with Crippen molar-refractivity contribution < 1.29 is 9.32 Å². The number of aliphatic hydroxyl groups excluding tert-OH is 1. The number of nitrogens with zero attached hydrogens (tertiary/aromatic N) is 2. The third-order valence-electron chi connectivity index (χ3n) is 3.43. The van der Waals surface area contributed by atoms with Crippen LogP contribution >= 0.6 is 0 Å². The van der Waals surface area contributed by atoms with Crippen LogP contribution in [0.1, 0.15) is 42.4 Å². The van der Waals surface area contributed by atoms with Crippen molar-refractivity contribution in [3.63, 3.8) is 0 Å². The molecule has 0 aliphatic carbocycles. The molecule has 2 rings (SSSR count). The maximum atomic E-state index is 13.0. The summed E-state index contributed by atoms with van der Waals surface area (Å²) in [6.07, 6.45) is 0. The Morgan fingerprint density at radius 1 is 1.24 bits per heavy atom. The number of imidazole rings is 1. The van der Waals surface area contributed by atoms with E-state index in [2.05, 4.69) is 11.1 Å². The summed E-state index contributed by atoms with van der Waals surface area (Å²) >= 11 is 0. The molecule has 1 unspecified atom stereocenters. The van der Waals surface area contributed by atoms with E-state index in [1.54, 1.807) is 11.6 Å². The second kappa shape index (κ2) is 6.12. The summed E-state index contributed by atoms with van der Waals surface area (Å²) in [5.41, 5.74) is 2.97. The van der Waals surface area contributed by atoms with Crippen molar-refractivity contribution in [3.8, 4) is 0 Å². The summed E-state index contributed by atoms with van der Waals surface area (Å²) in [6, 6.07) is 5.95. The molecule has 114 valence electrons. The molecule has 21 heavy (non-hydrogen) atoms. The summed E-state index contributed by atoms with van der Waals surface area (Å²) in [5, 5.41) is 10.1. The van der Waals surface area contributed by atoms with E-state index in [4.69, 9.17) is 0 Å². The van der Waals surface area contributed by atoms with Crippen LogP contribution in [0.4, 0.5) is 0 Å². The van der Waals surface area contributed by atoms with Gasteiger partial charge in [-0.05, 0) is 43.0 Å². The van der Waals surface area contributed by atoms with Gasteiger partial charge in [0, 0.05) is 11.9 Å². The number of hydrogen-bond donors (Lipinski definition) is 1. The highest BCUT2D eigenvalue weighted by Gasteiger charge is 2.23. The van der Waals surface area contributed by atoms with E-state index in [1.165, 1.54) is 0 Å². The maximum Gasteiger partial charge on any atom is 0.135 e. The molecule has 1 aromatic heterocycles. The third kappa shape index (κ3) is 3.09. The van der Waals surface area contributed by atoms with Crippen LogP contribution in [-0.2, 0) is 24.5 Å². The minimum Gasteiger partial charge on any atom is -0.388 e. The van der Waals surface area contributed by atoms with Crippen molar-refractivity contribution in [2.45, 2.75) is 50.1 Å². The largest absolute Gasteiger partial charge is 0.388 e. The molecule has 0 aliphatic rings. The SMILES string of the molecule is Cc1cc(C)cc(S(=O)c2c(C(C)C)nc(CO)n2C)c1. The number of aryl methyl sites for hydroxylation is 2. The molecule has 0 saturated carbocycles.